The Morgan fingerprint density at radius 2 is 0.597 bits per heavy atom. The van der Waals surface area contributed by atoms with E-state index in [-0.39, 0.29) is 23.7 Å². The zero-order valence-electron chi connectivity index (χ0n) is 78.9. The lowest BCUT2D eigenvalue weighted by Gasteiger charge is -2.36. The smallest absolute Gasteiger partial charge is 0.478 e. The minimum atomic E-state index is -1.41. The van der Waals surface area contributed by atoms with E-state index in [9.17, 15) is 28.4 Å². The molecule has 0 aromatic heterocycles. The Balaban J connectivity index is 0.000000172. The summed E-state index contributed by atoms with van der Waals surface area (Å²) in [5.41, 5.74) is 17.7. The Kier molecular flexibility index (Phi) is 47.8. The molecule has 6 N–H and O–H groups in total. The second-order valence-electron chi connectivity index (χ2n) is 32.5. The van der Waals surface area contributed by atoms with Gasteiger partial charge in [0.2, 0.25) is 0 Å². The number of hydrogen-bond acceptors (Lipinski definition) is 21. The van der Waals surface area contributed by atoms with Gasteiger partial charge in [0.15, 0.2) is 0 Å². The molecule has 0 radical (unpaired) electrons. The molecule has 139 heavy (non-hydrogen) atoms. The van der Waals surface area contributed by atoms with Crippen molar-refractivity contribution >= 4 is 148 Å². The highest BCUT2D eigenvalue weighted by atomic mass is 79.9. The zero-order chi connectivity index (χ0) is 99.1. The van der Waals surface area contributed by atoms with Gasteiger partial charge in [-0.3, -0.25) is 14.7 Å². The first-order valence-corrected chi connectivity index (χ1v) is 50.5. The average molecular weight is 2140 g/mol. The number of halogens is 7. The van der Waals surface area contributed by atoms with E-state index >= 15 is 0 Å². The summed E-state index contributed by atoms with van der Waals surface area (Å²) in [4.78, 5) is 73.9. The van der Waals surface area contributed by atoms with Crippen molar-refractivity contribution in [2.75, 3.05) is 177 Å². The highest BCUT2D eigenvalue weighted by Gasteiger charge is 2.24. The van der Waals surface area contributed by atoms with Crippen molar-refractivity contribution in [1.82, 2.24) is 30.7 Å². The SMILES string of the molecule is BrCc1ccccc1Br.C1CNCCN1.CCOC(=O)c1ccc(F)cc1.CCOC(=O)c1ccc(N2CCN(Cc3ccccc3-c3ccc(Cl)cc3)CC2)cc1.CCOC(=O)c1ccc(N2CCN(Cc3ccccc3Br)CC2)cc1.CCOC(=O)c1ccc(N2CCNCC2)cc1.O=C(O)c1ccc(N2CCN(Cc3ccccc3-c3ccc(Cl)cc3)CC2)cc1.OB(O)c1ccc(Cl)cc1. The number of piperazine rings is 5. The van der Waals surface area contributed by atoms with Crippen LogP contribution in [-0.2, 0) is 43.9 Å². The number of aromatic carboxylic acids is 1. The molecule has 5 aliphatic heterocycles. The normalized spacial score (nSPS) is 14.1. The van der Waals surface area contributed by atoms with Gasteiger partial charge in [0.05, 0.1) is 54.2 Å². The summed E-state index contributed by atoms with van der Waals surface area (Å²) in [5.74, 6) is -2.44. The Morgan fingerprint density at radius 3 is 0.885 bits per heavy atom. The van der Waals surface area contributed by atoms with Gasteiger partial charge in [0.1, 0.15) is 5.82 Å². The molecular weight excluding hydrogens is 2020 g/mol. The van der Waals surface area contributed by atoms with Crippen LogP contribution in [0.1, 0.15) is 102 Å². The summed E-state index contributed by atoms with van der Waals surface area (Å²) in [7, 11) is -1.41. The number of carboxylic acid groups (broad SMARTS) is 1. The third kappa shape index (κ3) is 37.3. The van der Waals surface area contributed by atoms with Crippen LogP contribution in [0.2, 0.25) is 15.1 Å². The molecule has 0 saturated carbocycles. The van der Waals surface area contributed by atoms with Crippen molar-refractivity contribution < 1.29 is 62.5 Å². The van der Waals surface area contributed by atoms with Crippen molar-refractivity contribution in [2.45, 2.75) is 52.7 Å². The molecule has 0 unspecified atom stereocenters. The fourth-order valence-electron chi connectivity index (χ4n) is 15.4. The van der Waals surface area contributed by atoms with Crippen LogP contribution in [0.15, 0.2) is 300 Å². The van der Waals surface area contributed by atoms with E-state index in [1.54, 1.807) is 43.3 Å². The highest BCUT2D eigenvalue weighted by Crippen LogP contribution is 2.32. The van der Waals surface area contributed by atoms with E-state index in [0.717, 1.165) is 183 Å². The minimum Gasteiger partial charge on any atom is -0.478 e. The van der Waals surface area contributed by atoms with Crippen molar-refractivity contribution in [3.05, 3.63) is 371 Å². The number of carboxylic acids is 1. The van der Waals surface area contributed by atoms with Crippen LogP contribution in [-0.4, -0.2) is 224 Å². The van der Waals surface area contributed by atoms with Crippen molar-refractivity contribution in [3.8, 4) is 22.3 Å². The quantitative estimate of drug-likeness (QED) is 0.0151. The van der Waals surface area contributed by atoms with E-state index in [1.807, 2.05) is 154 Å². The fourth-order valence-corrected chi connectivity index (χ4v) is 17.5. The molecule has 5 heterocycles. The molecule has 732 valence electrons. The van der Waals surface area contributed by atoms with Gasteiger partial charge < -0.3 is 69.7 Å². The molecular formula is C109H122BBr3Cl3FN10O12. The number of anilines is 4. The van der Waals surface area contributed by atoms with Gasteiger partial charge in [-0.05, 0) is 248 Å². The Labute approximate surface area is 857 Å². The van der Waals surface area contributed by atoms with Crippen LogP contribution in [0.5, 0.6) is 0 Å². The number of nitrogens with one attached hydrogen (secondary N) is 3. The summed E-state index contributed by atoms with van der Waals surface area (Å²) < 4.78 is 34.5. The first-order valence-electron chi connectivity index (χ1n) is 46.7. The number of rotatable bonds is 23. The summed E-state index contributed by atoms with van der Waals surface area (Å²) in [6.07, 6.45) is 0. The van der Waals surface area contributed by atoms with Crippen LogP contribution in [0.25, 0.3) is 22.3 Å². The van der Waals surface area contributed by atoms with Crippen LogP contribution < -0.4 is 41.0 Å². The van der Waals surface area contributed by atoms with Gasteiger partial charge in [-0.25, -0.2) is 28.4 Å². The van der Waals surface area contributed by atoms with Crippen LogP contribution in [0.3, 0.4) is 0 Å². The van der Waals surface area contributed by atoms with E-state index < -0.39 is 19.1 Å². The summed E-state index contributed by atoms with van der Waals surface area (Å²) in [5, 5.41) is 39.1. The number of nitrogens with zero attached hydrogens (tertiary/aromatic N) is 7. The second kappa shape index (κ2) is 60.3. The summed E-state index contributed by atoms with van der Waals surface area (Å²) in [6.45, 7) is 31.9. The molecule has 12 aromatic carbocycles. The molecule has 30 heteroatoms. The molecule has 0 atom stereocenters. The number of hydrogen-bond donors (Lipinski definition) is 6. The zero-order valence-corrected chi connectivity index (χ0v) is 85.9. The monoisotopic (exact) mass is 2130 g/mol. The minimum absolute atomic E-state index is 0.251. The first-order chi connectivity index (χ1) is 67.5. The van der Waals surface area contributed by atoms with Crippen LogP contribution in [0, 0.1) is 5.82 Å². The molecule has 22 nitrogen and oxygen atoms in total. The number of ether oxygens (including phenoxy) is 4. The molecule has 5 aliphatic rings. The summed E-state index contributed by atoms with van der Waals surface area (Å²) >= 11 is 28.1. The lowest BCUT2D eigenvalue weighted by Crippen LogP contribution is -2.46. The molecule has 0 aliphatic carbocycles. The molecule has 5 saturated heterocycles. The van der Waals surface area contributed by atoms with Crippen molar-refractivity contribution in [2.24, 2.45) is 0 Å². The maximum Gasteiger partial charge on any atom is 0.488 e. The predicted molar refractivity (Wildman–Crippen MR) is 572 cm³/mol. The van der Waals surface area contributed by atoms with Crippen molar-refractivity contribution in [3.63, 3.8) is 0 Å². The van der Waals surface area contributed by atoms with Crippen LogP contribution >= 0.6 is 82.6 Å². The molecule has 12 aromatic rings. The van der Waals surface area contributed by atoms with Gasteiger partial charge in [0, 0.05) is 203 Å². The fraction of sp³-hybridized carbons (Fsp3) is 0.294. The van der Waals surface area contributed by atoms with E-state index in [2.05, 4.69) is 195 Å². The number of esters is 4. The summed E-state index contributed by atoms with van der Waals surface area (Å²) in [6, 6.07) is 91.5. The molecule has 0 spiro atoms. The topological polar surface area (TPSA) is 242 Å². The van der Waals surface area contributed by atoms with E-state index in [0.29, 0.717) is 64.7 Å². The molecule has 0 amide bonds. The third-order valence-corrected chi connectivity index (χ3v) is 25.9. The Bertz CT molecular complexity index is 5680. The maximum absolute atomic E-state index is 12.4. The van der Waals surface area contributed by atoms with Gasteiger partial charge in [0.25, 0.3) is 0 Å². The Hall–Kier alpha value is -10.8. The van der Waals surface area contributed by atoms with Gasteiger partial charge >= 0.3 is 37.0 Å². The van der Waals surface area contributed by atoms with Crippen LogP contribution in [0.4, 0.5) is 27.1 Å². The number of carbonyl (C=O) groups is 5. The third-order valence-electron chi connectivity index (χ3n) is 23.0. The average Bonchev–Trinajstić information content (AvgIpc) is 0.845. The molecule has 5 fully saturated rings. The standard InChI is InChI=1S/C26H27ClN2O2.C24H23ClN2O2.C20H23BrN2O2.C13H18N2O2.C9H9FO2.C7H6Br2.C6H6BClO2.C4H10N2/c1-2-31-26(30)21-9-13-24(14-10-21)29-17-15-28(16-18-29)19-22-5-3-4-6-25(22)20-7-11-23(27)12-8-20;25-21-9-5-18(6-10-21)23-4-2-1-3-20(23)17-26-13-15-27(16-14-26)22-11-7-19(8-12-22)24(28)29;1-2-25-20(24)16-7-9-18(10-8-16)23-13-11-22(12-14-23)15-17-5-3-4-6-19(17)21;1-2-17-13(16)11-3-5-12(6-4-11)15-9-7-14-8-10-15;1-2-12-9(11)7-3-5-8(10)6-4-7;8-5-6-3-1-2-4-7(6)9;8-6-3-1-5(2-4-6)7(9)10;1-2-6-4-3-5-1/h3-14H,2,15-19H2,1H3;1-12H,13-17H2,(H,28,29);3-10H,2,11-15H2,1H3;3-6,14H,2,7-10H2,1H3;3-6H,2H2,1H3;1-4H,5H2;1-4,9-10H;5-6H,1-4H2. The largest absolute Gasteiger partial charge is 0.488 e. The number of benzene rings is 12. The lowest BCUT2D eigenvalue weighted by molar-refractivity contribution is 0.0516. The molecule has 0 bridgehead atoms. The second-order valence-corrected chi connectivity index (χ2v) is 36.1. The predicted octanol–water partition coefficient (Wildman–Crippen LogP) is 20.3. The highest BCUT2D eigenvalue weighted by molar-refractivity contribution is 9.11. The lowest BCUT2D eigenvalue weighted by atomic mass is 9.81. The van der Waals surface area contributed by atoms with Gasteiger partial charge in [-0.1, -0.05) is 204 Å². The maximum atomic E-state index is 12.4. The van der Waals surface area contributed by atoms with Gasteiger partial charge in [-0.15, -0.1) is 0 Å². The first kappa shape index (κ1) is 110. The van der Waals surface area contributed by atoms with E-state index in [4.69, 9.17) is 68.9 Å². The van der Waals surface area contributed by atoms with Gasteiger partial charge in [-0.2, -0.15) is 0 Å². The number of carbonyl (C=O) groups excluding carboxylic acids is 4. The van der Waals surface area contributed by atoms with E-state index in [1.165, 1.54) is 83.4 Å². The molecule has 17 rings (SSSR count). The Morgan fingerprint density at radius 1 is 0.331 bits per heavy atom. The number of alkyl halides is 1. The van der Waals surface area contributed by atoms with Crippen molar-refractivity contribution in [1.29, 1.82) is 0 Å².